The fourth-order valence-corrected chi connectivity index (χ4v) is 6.84. The molecule has 10 heteroatoms. The van der Waals surface area contributed by atoms with E-state index < -0.39 is 11.5 Å². The molecule has 0 radical (unpaired) electrons. The molecule has 2 aliphatic heterocycles. The lowest BCUT2D eigenvalue weighted by molar-refractivity contribution is -0.156. The molecule has 33 heavy (non-hydrogen) atoms. The van der Waals surface area contributed by atoms with E-state index in [0.29, 0.717) is 12.3 Å². The third-order valence-electron chi connectivity index (χ3n) is 6.09. The summed E-state index contributed by atoms with van der Waals surface area (Å²) in [6.07, 6.45) is 5.40. The first kappa shape index (κ1) is 22.0. The number of amides is 1. The van der Waals surface area contributed by atoms with E-state index in [1.54, 1.807) is 36.3 Å². The predicted molar refractivity (Wildman–Crippen MR) is 126 cm³/mol. The van der Waals surface area contributed by atoms with E-state index in [9.17, 15) is 9.59 Å². The molecule has 4 heterocycles. The van der Waals surface area contributed by atoms with Gasteiger partial charge in [0.15, 0.2) is 0 Å². The average molecular weight is 485 g/mol. The molecule has 1 aromatic carbocycles. The zero-order valence-electron chi connectivity index (χ0n) is 18.0. The molecule has 8 nitrogen and oxygen atoms in total. The molecule has 1 amide bonds. The quantitative estimate of drug-likeness (QED) is 0.405. The maximum Gasteiger partial charge on any atom is 0.320 e. The summed E-state index contributed by atoms with van der Waals surface area (Å²) in [6.45, 7) is 1.10. The van der Waals surface area contributed by atoms with Crippen molar-refractivity contribution in [2.24, 2.45) is 5.73 Å². The van der Waals surface area contributed by atoms with Gasteiger partial charge in [0.25, 0.3) is 0 Å². The molecule has 0 bridgehead atoms. The first-order valence-electron chi connectivity index (χ1n) is 10.5. The van der Waals surface area contributed by atoms with Crippen LogP contribution < -0.4 is 10.5 Å². The Labute approximate surface area is 199 Å². The van der Waals surface area contributed by atoms with E-state index >= 15 is 0 Å². The van der Waals surface area contributed by atoms with Crippen LogP contribution in [0.1, 0.15) is 16.0 Å². The summed E-state index contributed by atoms with van der Waals surface area (Å²) in [4.78, 5) is 32.7. The lowest BCUT2D eigenvalue weighted by atomic mass is 9.85. The van der Waals surface area contributed by atoms with Gasteiger partial charge in [-0.25, -0.2) is 4.98 Å². The lowest BCUT2D eigenvalue weighted by Gasteiger charge is -2.52. The largest absolute Gasteiger partial charge is 0.497 e. The number of nitrogens with zero attached hydrogens (tertiary/aromatic N) is 3. The van der Waals surface area contributed by atoms with Gasteiger partial charge in [-0.15, -0.1) is 23.1 Å². The number of benzene rings is 1. The number of hydrogen-bond acceptors (Lipinski definition) is 8. The van der Waals surface area contributed by atoms with Crippen LogP contribution in [0.5, 0.6) is 5.75 Å². The third kappa shape index (κ3) is 4.03. The second-order valence-corrected chi connectivity index (χ2v) is 10.3. The molecule has 0 aliphatic carbocycles. The van der Waals surface area contributed by atoms with Gasteiger partial charge in [-0.05, 0) is 34.7 Å². The van der Waals surface area contributed by atoms with Crippen LogP contribution in [0.2, 0.25) is 0 Å². The summed E-state index contributed by atoms with van der Waals surface area (Å²) < 4.78 is 13.0. The summed E-state index contributed by atoms with van der Waals surface area (Å²) in [6, 6.07) is 8.96. The molecule has 3 atom stereocenters. The van der Waals surface area contributed by atoms with Crippen molar-refractivity contribution >= 4 is 35.0 Å². The summed E-state index contributed by atoms with van der Waals surface area (Å²) in [5.41, 5.74) is 6.99. The SMILES string of the molecule is COc1ccc(COC(=O)C2(c3cc(Cn4ccnc4)cs3)CS[C@@H]3[C@H](N)C(=O)N3C2)cc1. The number of thiophene rings is 1. The van der Waals surface area contributed by atoms with Gasteiger partial charge < -0.3 is 24.7 Å². The summed E-state index contributed by atoms with van der Waals surface area (Å²) >= 11 is 3.08. The zero-order valence-corrected chi connectivity index (χ0v) is 19.7. The van der Waals surface area contributed by atoms with Gasteiger partial charge in [-0.1, -0.05) is 12.1 Å². The average Bonchev–Trinajstić information content (AvgIpc) is 3.54. The molecule has 2 saturated heterocycles. The highest BCUT2D eigenvalue weighted by molar-refractivity contribution is 8.00. The summed E-state index contributed by atoms with van der Waals surface area (Å²) in [5.74, 6) is 0.818. The van der Waals surface area contributed by atoms with Gasteiger partial charge in [0.1, 0.15) is 29.2 Å². The molecule has 2 aliphatic rings. The highest BCUT2D eigenvalue weighted by Gasteiger charge is 2.57. The number of fused-ring (bicyclic) bond motifs is 1. The Balaban J connectivity index is 1.38. The Morgan fingerprint density at radius 1 is 1.30 bits per heavy atom. The van der Waals surface area contributed by atoms with E-state index in [1.807, 2.05) is 46.5 Å². The number of ether oxygens (including phenoxy) is 2. The number of methoxy groups -OCH3 is 1. The summed E-state index contributed by atoms with van der Waals surface area (Å²) in [5, 5.41) is 1.97. The van der Waals surface area contributed by atoms with Gasteiger partial charge in [0.05, 0.1) is 13.4 Å². The molecular formula is C23H24N4O4S2. The molecule has 5 rings (SSSR count). The first-order chi connectivity index (χ1) is 16.0. The van der Waals surface area contributed by atoms with Crippen LogP contribution in [0.4, 0.5) is 0 Å². The van der Waals surface area contributed by atoms with Crippen molar-refractivity contribution < 1.29 is 19.1 Å². The fourth-order valence-electron chi connectivity index (χ4n) is 4.16. The first-order valence-corrected chi connectivity index (χ1v) is 12.4. The number of carbonyl (C=O) groups is 2. The highest BCUT2D eigenvalue weighted by Crippen LogP contribution is 2.45. The molecular weight excluding hydrogens is 460 g/mol. The second-order valence-electron chi connectivity index (χ2n) is 8.25. The molecule has 3 aromatic rings. The lowest BCUT2D eigenvalue weighted by Crippen LogP contribution is -2.72. The zero-order chi connectivity index (χ0) is 23.0. The Hall–Kier alpha value is -2.82. The van der Waals surface area contributed by atoms with Crippen molar-refractivity contribution in [1.82, 2.24) is 14.5 Å². The fraction of sp³-hybridized carbons (Fsp3) is 0.348. The maximum absolute atomic E-state index is 13.6. The minimum Gasteiger partial charge on any atom is -0.497 e. The number of imidazole rings is 1. The maximum atomic E-state index is 13.6. The van der Waals surface area contributed by atoms with Gasteiger partial charge in [-0.3, -0.25) is 9.59 Å². The van der Waals surface area contributed by atoms with Crippen LogP contribution in [-0.4, -0.2) is 57.2 Å². The molecule has 1 unspecified atom stereocenters. The van der Waals surface area contributed by atoms with E-state index in [2.05, 4.69) is 4.98 Å². The molecule has 2 N–H and O–H groups in total. The molecule has 172 valence electrons. The van der Waals surface area contributed by atoms with Crippen molar-refractivity contribution in [3.8, 4) is 5.75 Å². The van der Waals surface area contributed by atoms with Gasteiger partial charge in [-0.2, -0.15) is 0 Å². The monoisotopic (exact) mass is 484 g/mol. The van der Waals surface area contributed by atoms with Crippen molar-refractivity contribution in [2.45, 2.75) is 30.0 Å². The summed E-state index contributed by atoms with van der Waals surface area (Å²) in [7, 11) is 1.61. The predicted octanol–water partition coefficient (Wildman–Crippen LogP) is 2.23. The number of esters is 1. The van der Waals surface area contributed by atoms with Crippen LogP contribution in [0.3, 0.4) is 0 Å². The Morgan fingerprint density at radius 2 is 2.12 bits per heavy atom. The molecule has 2 fully saturated rings. The Kier molecular flexibility index (Phi) is 5.90. The minimum atomic E-state index is -0.929. The second kappa shape index (κ2) is 8.85. The number of thioether (sulfide) groups is 1. The van der Waals surface area contributed by atoms with Gasteiger partial charge >= 0.3 is 5.97 Å². The number of rotatable bonds is 7. The standard InChI is InChI=1S/C23H24N4O4S2/c1-30-17-4-2-15(3-5-17)10-31-22(29)23(12-27-20(28)19(24)21(27)33-13-23)18-8-16(11-32-18)9-26-7-6-25-14-26/h2-8,11,14,19,21H,9-10,12-13,24H2,1H3/t19-,21-,23?/m1/s1. The number of nitrogens with two attached hydrogens (primary N) is 1. The van der Waals surface area contributed by atoms with Crippen molar-refractivity contribution in [2.75, 3.05) is 19.4 Å². The molecule has 2 aromatic heterocycles. The number of hydrogen-bond donors (Lipinski definition) is 1. The Morgan fingerprint density at radius 3 is 2.85 bits per heavy atom. The number of carbonyl (C=O) groups excluding carboxylic acids is 2. The van der Waals surface area contributed by atoms with E-state index in [0.717, 1.165) is 21.8 Å². The van der Waals surface area contributed by atoms with Crippen LogP contribution >= 0.6 is 23.1 Å². The van der Waals surface area contributed by atoms with Crippen LogP contribution in [0.15, 0.2) is 54.4 Å². The van der Waals surface area contributed by atoms with Crippen molar-refractivity contribution in [1.29, 1.82) is 0 Å². The normalized spacial score (nSPS) is 24.2. The van der Waals surface area contributed by atoms with Gasteiger partial charge in [0.2, 0.25) is 5.91 Å². The van der Waals surface area contributed by atoms with Crippen LogP contribution in [-0.2, 0) is 32.9 Å². The minimum absolute atomic E-state index is 0.0783. The van der Waals surface area contributed by atoms with E-state index in [-0.39, 0.29) is 30.4 Å². The van der Waals surface area contributed by atoms with Crippen LogP contribution in [0, 0.1) is 0 Å². The number of β-lactam (4-membered cyclic amide) rings is 1. The van der Waals surface area contributed by atoms with Crippen molar-refractivity contribution in [3.63, 3.8) is 0 Å². The third-order valence-corrected chi connectivity index (χ3v) is 8.82. The molecule has 0 saturated carbocycles. The van der Waals surface area contributed by atoms with E-state index in [1.165, 1.54) is 11.3 Å². The van der Waals surface area contributed by atoms with E-state index in [4.69, 9.17) is 15.2 Å². The Bertz CT molecular complexity index is 1150. The topological polar surface area (TPSA) is 99.7 Å². The molecule has 0 spiro atoms. The number of aromatic nitrogens is 2. The smallest absolute Gasteiger partial charge is 0.320 e. The van der Waals surface area contributed by atoms with Crippen LogP contribution in [0.25, 0.3) is 0 Å². The highest BCUT2D eigenvalue weighted by atomic mass is 32.2. The van der Waals surface area contributed by atoms with Gasteiger partial charge in [0, 0.05) is 36.1 Å². The van der Waals surface area contributed by atoms with Crippen molar-refractivity contribution in [3.05, 3.63) is 70.4 Å².